The Kier molecular flexibility index (Phi) is 3.95. The van der Waals surface area contributed by atoms with Gasteiger partial charge >= 0.3 is 0 Å². The first-order valence-electron chi connectivity index (χ1n) is 4.20. The maximum Gasteiger partial charge on any atom is 0.251 e. The van der Waals surface area contributed by atoms with Crippen LogP contribution in [0.4, 0.5) is 0 Å². The highest BCUT2D eigenvalue weighted by atomic mass is 79.9. The number of hydrogen-bond acceptors (Lipinski definition) is 2. The van der Waals surface area contributed by atoms with Crippen molar-refractivity contribution in [2.24, 2.45) is 0 Å². The largest absolute Gasteiger partial charge is 0.482 e. The van der Waals surface area contributed by atoms with Crippen molar-refractivity contribution in [2.45, 2.75) is 6.92 Å². The van der Waals surface area contributed by atoms with E-state index in [1.54, 1.807) is 25.2 Å². The third kappa shape index (κ3) is 2.48. The third-order valence-corrected chi connectivity index (χ3v) is 2.10. The molecule has 0 fully saturated rings. The SMILES string of the molecule is CNC(=O)c1ccc(OCBr)c(C)c1. The third-order valence-electron chi connectivity index (χ3n) is 1.87. The average Bonchev–Trinajstić information content (AvgIpc) is 2.20. The Morgan fingerprint density at radius 1 is 1.57 bits per heavy atom. The number of aryl methyl sites for hydroxylation is 1. The summed E-state index contributed by atoms with van der Waals surface area (Å²) in [7, 11) is 1.61. The summed E-state index contributed by atoms with van der Waals surface area (Å²) in [4.78, 5) is 11.3. The van der Waals surface area contributed by atoms with Crippen molar-refractivity contribution in [1.82, 2.24) is 5.32 Å². The predicted molar refractivity (Wildman–Crippen MR) is 59.0 cm³/mol. The van der Waals surface area contributed by atoms with Gasteiger partial charge < -0.3 is 10.1 Å². The normalized spacial score (nSPS) is 9.64. The Bertz CT molecular complexity index is 339. The van der Waals surface area contributed by atoms with Gasteiger partial charge in [-0.05, 0) is 46.6 Å². The minimum Gasteiger partial charge on any atom is -0.482 e. The molecule has 14 heavy (non-hydrogen) atoms. The van der Waals surface area contributed by atoms with Crippen molar-refractivity contribution in [1.29, 1.82) is 0 Å². The van der Waals surface area contributed by atoms with E-state index < -0.39 is 0 Å². The molecule has 4 heteroatoms. The van der Waals surface area contributed by atoms with Gasteiger partial charge in [0.15, 0.2) is 0 Å². The highest BCUT2D eigenvalue weighted by molar-refractivity contribution is 9.09. The van der Waals surface area contributed by atoms with E-state index >= 15 is 0 Å². The molecule has 1 amide bonds. The summed E-state index contributed by atoms with van der Waals surface area (Å²) in [5.74, 6) is 0.702. The lowest BCUT2D eigenvalue weighted by Gasteiger charge is -2.07. The van der Waals surface area contributed by atoms with E-state index in [0.717, 1.165) is 11.3 Å². The number of carbonyl (C=O) groups is 1. The van der Waals surface area contributed by atoms with Gasteiger partial charge in [-0.25, -0.2) is 0 Å². The lowest BCUT2D eigenvalue weighted by atomic mass is 10.1. The summed E-state index contributed by atoms with van der Waals surface area (Å²) in [6.07, 6.45) is 0. The zero-order valence-corrected chi connectivity index (χ0v) is 9.72. The van der Waals surface area contributed by atoms with Gasteiger partial charge in [0.05, 0.1) is 0 Å². The molecule has 76 valence electrons. The van der Waals surface area contributed by atoms with E-state index in [9.17, 15) is 4.79 Å². The van der Waals surface area contributed by atoms with Crippen molar-refractivity contribution in [3.8, 4) is 5.75 Å². The average molecular weight is 258 g/mol. The molecule has 3 nitrogen and oxygen atoms in total. The van der Waals surface area contributed by atoms with Gasteiger partial charge in [0.1, 0.15) is 11.3 Å². The van der Waals surface area contributed by atoms with E-state index in [1.807, 2.05) is 6.92 Å². The Hall–Kier alpha value is -1.03. The van der Waals surface area contributed by atoms with Gasteiger partial charge in [0, 0.05) is 12.6 Å². The van der Waals surface area contributed by atoms with E-state index in [1.165, 1.54) is 0 Å². The summed E-state index contributed by atoms with van der Waals surface area (Å²) in [5, 5.41) is 2.57. The van der Waals surface area contributed by atoms with Gasteiger partial charge in [-0.15, -0.1) is 0 Å². The van der Waals surface area contributed by atoms with Crippen LogP contribution in [0.15, 0.2) is 18.2 Å². The molecule has 1 aromatic rings. The molecule has 0 bridgehead atoms. The van der Waals surface area contributed by atoms with Crippen LogP contribution < -0.4 is 10.1 Å². The Morgan fingerprint density at radius 3 is 2.79 bits per heavy atom. The molecule has 1 rings (SSSR count). The molecule has 0 heterocycles. The molecule has 0 saturated carbocycles. The molecule has 0 unspecified atom stereocenters. The molecule has 0 saturated heterocycles. The predicted octanol–water partition coefficient (Wildman–Crippen LogP) is 2.09. The van der Waals surface area contributed by atoms with Crippen LogP contribution in [0.5, 0.6) is 5.75 Å². The van der Waals surface area contributed by atoms with Crippen molar-refractivity contribution >= 4 is 21.8 Å². The second-order valence-corrected chi connectivity index (χ2v) is 3.27. The number of amides is 1. The summed E-state index contributed by atoms with van der Waals surface area (Å²) in [6.45, 7) is 1.91. The van der Waals surface area contributed by atoms with E-state index in [4.69, 9.17) is 4.74 Å². The fraction of sp³-hybridized carbons (Fsp3) is 0.300. The molecule has 1 aromatic carbocycles. The number of nitrogens with one attached hydrogen (secondary N) is 1. The maximum atomic E-state index is 11.3. The first-order valence-corrected chi connectivity index (χ1v) is 5.32. The lowest BCUT2D eigenvalue weighted by Crippen LogP contribution is -2.17. The van der Waals surface area contributed by atoms with E-state index in [2.05, 4.69) is 21.2 Å². The first kappa shape index (κ1) is 11.0. The van der Waals surface area contributed by atoms with Crippen molar-refractivity contribution in [3.63, 3.8) is 0 Å². The quantitative estimate of drug-likeness (QED) is 0.843. The van der Waals surface area contributed by atoms with Crippen LogP contribution in [0.25, 0.3) is 0 Å². The second-order valence-electron chi connectivity index (χ2n) is 2.81. The van der Waals surface area contributed by atoms with Gasteiger partial charge in [0.2, 0.25) is 0 Å². The lowest BCUT2D eigenvalue weighted by molar-refractivity contribution is 0.0963. The second kappa shape index (κ2) is 5.00. The first-order chi connectivity index (χ1) is 6.69. The van der Waals surface area contributed by atoms with Crippen LogP contribution in [-0.4, -0.2) is 18.5 Å². The van der Waals surface area contributed by atoms with Gasteiger partial charge in [-0.1, -0.05) is 0 Å². The summed E-state index contributed by atoms with van der Waals surface area (Å²) >= 11 is 3.18. The van der Waals surface area contributed by atoms with Gasteiger partial charge in [0.25, 0.3) is 5.91 Å². The standard InChI is InChI=1S/C10H12BrNO2/c1-7-5-8(10(13)12-2)3-4-9(7)14-6-11/h3-5H,6H2,1-2H3,(H,12,13). The monoisotopic (exact) mass is 257 g/mol. The van der Waals surface area contributed by atoms with Crippen LogP contribution in [0.3, 0.4) is 0 Å². The number of ether oxygens (including phenoxy) is 1. The Morgan fingerprint density at radius 2 is 2.29 bits per heavy atom. The number of rotatable bonds is 3. The smallest absolute Gasteiger partial charge is 0.251 e. The number of alkyl halides is 1. The highest BCUT2D eigenvalue weighted by Gasteiger charge is 2.05. The van der Waals surface area contributed by atoms with Gasteiger partial charge in [-0.2, -0.15) is 0 Å². The van der Waals surface area contributed by atoms with Crippen LogP contribution in [0.1, 0.15) is 15.9 Å². The van der Waals surface area contributed by atoms with Gasteiger partial charge in [-0.3, -0.25) is 4.79 Å². The number of benzene rings is 1. The van der Waals surface area contributed by atoms with Crippen LogP contribution >= 0.6 is 15.9 Å². The van der Waals surface area contributed by atoms with E-state index in [-0.39, 0.29) is 5.91 Å². The molecule has 0 aromatic heterocycles. The Balaban J connectivity index is 2.94. The molecule has 0 aliphatic carbocycles. The van der Waals surface area contributed by atoms with Crippen molar-refractivity contribution in [3.05, 3.63) is 29.3 Å². The number of hydrogen-bond donors (Lipinski definition) is 1. The Labute approximate surface area is 91.6 Å². The molecule has 0 radical (unpaired) electrons. The molecule has 0 spiro atoms. The molecule has 0 atom stereocenters. The molecule has 0 aliphatic heterocycles. The minimum atomic E-state index is -0.0847. The van der Waals surface area contributed by atoms with Crippen LogP contribution in [0, 0.1) is 6.92 Å². The van der Waals surface area contributed by atoms with Crippen LogP contribution in [0.2, 0.25) is 0 Å². The highest BCUT2D eigenvalue weighted by Crippen LogP contribution is 2.19. The zero-order valence-electron chi connectivity index (χ0n) is 8.13. The molecular weight excluding hydrogens is 246 g/mol. The summed E-state index contributed by atoms with van der Waals surface area (Å²) < 4.78 is 5.29. The number of carbonyl (C=O) groups excluding carboxylic acids is 1. The molecule has 0 aliphatic rings. The van der Waals surface area contributed by atoms with Crippen molar-refractivity contribution < 1.29 is 9.53 Å². The molecular formula is C10H12BrNO2. The summed E-state index contributed by atoms with van der Waals surface area (Å²) in [5.41, 5.74) is 2.05. The minimum absolute atomic E-state index is 0.0847. The van der Waals surface area contributed by atoms with E-state index in [0.29, 0.717) is 11.1 Å². The number of halogens is 1. The van der Waals surface area contributed by atoms with Crippen LogP contribution in [-0.2, 0) is 0 Å². The fourth-order valence-corrected chi connectivity index (χ4v) is 1.40. The van der Waals surface area contributed by atoms with Crippen molar-refractivity contribution in [2.75, 3.05) is 12.6 Å². The zero-order chi connectivity index (χ0) is 10.6. The topological polar surface area (TPSA) is 38.3 Å². The fourth-order valence-electron chi connectivity index (χ4n) is 1.16. The maximum absolute atomic E-state index is 11.3. The molecule has 1 N–H and O–H groups in total. The summed E-state index contributed by atoms with van der Waals surface area (Å²) in [6, 6.07) is 5.34.